The Hall–Kier alpha value is -1.32. The van der Waals surface area contributed by atoms with Crippen LogP contribution in [0.2, 0.25) is 0 Å². The molecule has 2 rings (SSSR count). The Balaban J connectivity index is 1.96. The molecule has 3 heteroatoms. The van der Waals surface area contributed by atoms with Crippen LogP contribution < -0.4 is 4.74 Å². The van der Waals surface area contributed by atoms with Gasteiger partial charge in [-0.25, -0.2) is 0 Å². The Bertz CT molecular complexity index is 450. The zero-order valence-corrected chi connectivity index (χ0v) is 10.6. The molecule has 0 aliphatic heterocycles. The van der Waals surface area contributed by atoms with Crippen LogP contribution >= 0.6 is 11.3 Å². The number of benzene rings is 1. The molecule has 1 aromatic carbocycles. The van der Waals surface area contributed by atoms with Gasteiger partial charge >= 0.3 is 0 Å². The fourth-order valence-electron chi connectivity index (χ4n) is 1.80. The summed E-state index contributed by atoms with van der Waals surface area (Å²) in [6.45, 7) is 0. The van der Waals surface area contributed by atoms with Crippen LogP contribution in [-0.2, 0) is 6.42 Å². The lowest BCUT2D eigenvalue weighted by Gasteiger charge is -2.10. The summed E-state index contributed by atoms with van der Waals surface area (Å²) >= 11 is 1.54. The Kier molecular flexibility index (Phi) is 4.18. The van der Waals surface area contributed by atoms with Crippen LogP contribution in [-0.4, -0.2) is 12.2 Å². The van der Waals surface area contributed by atoms with Gasteiger partial charge in [0.15, 0.2) is 0 Å². The molecule has 1 unspecified atom stereocenters. The fourth-order valence-corrected chi connectivity index (χ4v) is 2.68. The van der Waals surface area contributed by atoms with Gasteiger partial charge in [0.1, 0.15) is 5.75 Å². The highest BCUT2D eigenvalue weighted by molar-refractivity contribution is 7.10. The first kappa shape index (κ1) is 12.1. The molecule has 1 heterocycles. The van der Waals surface area contributed by atoms with Gasteiger partial charge in [-0.3, -0.25) is 0 Å². The monoisotopic (exact) mass is 248 g/mol. The van der Waals surface area contributed by atoms with Gasteiger partial charge in [-0.2, -0.15) is 0 Å². The van der Waals surface area contributed by atoms with Crippen molar-refractivity contribution in [3.63, 3.8) is 0 Å². The van der Waals surface area contributed by atoms with Crippen molar-refractivity contribution in [2.75, 3.05) is 7.11 Å². The molecule has 0 saturated carbocycles. The van der Waals surface area contributed by atoms with Crippen LogP contribution in [0.15, 0.2) is 41.8 Å². The zero-order chi connectivity index (χ0) is 12.1. The summed E-state index contributed by atoms with van der Waals surface area (Å²) < 4.78 is 5.21. The molecule has 1 atom stereocenters. The number of aliphatic hydroxyl groups is 1. The molecule has 1 N–H and O–H groups in total. The molecular formula is C14H16O2S. The topological polar surface area (TPSA) is 29.5 Å². The predicted octanol–water partition coefficient (Wildman–Crippen LogP) is 3.42. The van der Waals surface area contributed by atoms with Gasteiger partial charge < -0.3 is 9.84 Å². The minimum Gasteiger partial charge on any atom is -0.495 e. The maximum absolute atomic E-state index is 10.1. The van der Waals surface area contributed by atoms with E-state index in [1.54, 1.807) is 18.4 Å². The lowest BCUT2D eigenvalue weighted by atomic mass is 10.1. The van der Waals surface area contributed by atoms with Crippen molar-refractivity contribution in [3.05, 3.63) is 52.2 Å². The van der Waals surface area contributed by atoms with E-state index in [1.165, 1.54) is 5.56 Å². The van der Waals surface area contributed by atoms with E-state index in [-0.39, 0.29) is 0 Å². The number of hydrogen-bond donors (Lipinski definition) is 1. The number of ether oxygens (including phenoxy) is 1. The number of rotatable bonds is 5. The quantitative estimate of drug-likeness (QED) is 0.878. The van der Waals surface area contributed by atoms with Gasteiger partial charge in [-0.05, 0) is 29.9 Å². The van der Waals surface area contributed by atoms with Crippen LogP contribution in [0.1, 0.15) is 23.0 Å². The highest BCUT2D eigenvalue weighted by Crippen LogP contribution is 2.33. The first-order chi connectivity index (χ1) is 8.31. The van der Waals surface area contributed by atoms with Crippen molar-refractivity contribution in [3.8, 4) is 5.75 Å². The first-order valence-corrected chi connectivity index (χ1v) is 6.52. The standard InChI is InChI=1S/C14H16O2S/c1-16-13-9-10-17-14(13)12(15)8-7-11-5-3-2-4-6-11/h2-6,9-10,12,15H,7-8H2,1H3. The van der Waals surface area contributed by atoms with Crippen molar-refractivity contribution < 1.29 is 9.84 Å². The van der Waals surface area contributed by atoms with Crippen LogP contribution in [0.3, 0.4) is 0 Å². The van der Waals surface area contributed by atoms with Crippen LogP contribution in [0, 0.1) is 0 Å². The van der Waals surface area contributed by atoms with Crippen molar-refractivity contribution in [2.45, 2.75) is 18.9 Å². The SMILES string of the molecule is COc1ccsc1C(O)CCc1ccccc1. The van der Waals surface area contributed by atoms with E-state index >= 15 is 0 Å². The van der Waals surface area contributed by atoms with E-state index < -0.39 is 6.10 Å². The van der Waals surface area contributed by atoms with Gasteiger partial charge in [0.2, 0.25) is 0 Å². The molecule has 0 radical (unpaired) electrons. The normalized spacial score (nSPS) is 12.4. The van der Waals surface area contributed by atoms with Crippen molar-refractivity contribution >= 4 is 11.3 Å². The van der Waals surface area contributed by atoms with Gasteiger partial charge in [0.05, 0.1) is 18.1 Å². The third kappa shape index (κ3) is 3.08. The molecule has 0 amide bonds. The summed E-state index contributed by atoms with van der Waals surface area (Å²) in [7, 11) is 1.63. The van der Waals surface area contributed by atoms with Crippen LogP contribution in [0.5, 0.6) is 5.75 Å². The molecule has 1 aromatic heterocycles. The van der Waals surface area contributed by atoms with Gasteiger partial charge in [0, 0.05) is 0 Å². The molecular weight excluding hydrogens is 232 g/mol. The molecule has 0 aliphatic carbocycles. The van der Waals surface area contributed by atoms with Crippen molar-refractivity contribution in [2.24, 2.45) is 0 Å². The third-order valence-electron chi connectivity index (χ3n) is 2.73. The van der Waals surface area contributed by atoms with E-state index in [2.05, 4.69) is 12.1 Å². The minimum absolute atomic E-state index is 0.440. The van der Waals surface area contributed by atoms with Gasteiger partial charge in [-0.15, -0.1) is 11.3 Å². The summed E-state index contributed by atoms with van der Waals surface area (Å²) in [5.41, 5.74) is 1.25. The third-order valence-corrected chi connectivity index (χ3v) is 3.73. The van der Waals surface area contributed by atoms with Crippen molar-refractivity contribution in [1.29, 1.82) is 0 Å². The number of methoxy groups -OCH3 is 1. The number of aryl methyl sites for hydroxylation is 1. The highest BCUT2D eigenvalue weighted by atomic mass is 32.1. The van der Waals surface area contributed by atoms with Crippen LogP contribution in [0.25, 0.3) is 0 Å². The molecule has 0 aliphatic rings. The maximum Gasteiger partial charge on any atom is 0.135 e. The Morgan fingerprint density at radius 1 is 1.24 bits per heavy atom. The van der Waals surface area contributed by atoms with E-state index in [9.17, 15) is 5.11 Å². The Morgan fingerprint density at radius 3 is 2.71 bits per heavy atom. The number of hydrogen-bond acceptors (Lipinski definition) is 3. The highest BCUT2D eigenvalue weighted by Gasteiger charge is 2.14. The number of thiophene rings is 1. The number of aliphatic hydroxyl groups excluding tert-OH is 1. The molecule has 17 heavy (non-hydrogen) atoms. The minimum atomic E-state index is -0.440. The molecule has 0 spiro atoms. The molecule has 0 saturated heterocycles. The summed E-state index contributed by atoms with van der Waals surface area (Å²) in [5.74, 6) is 0.788. The molecule has 2 nitrogen and oxygen atoms in total. The maximum atomic E-state index is 10.1. The second-order valence-corrected chi connectivity index (χ2v) is 4.84. The van der Waals surface area contributed by atoms with E-state index in [0.29, 0.717) is 0 Å². The average molecular weight is 248 g/mol. The van der Waals surface area contributed by atoms with E-state index in [0.717, 1.165) is 23.5 Å². The smallest absolute Gasteiger partial charge is 0.135 e. The summed E-state index contributed by atoms with van der Waals surface area (Å²) in [5, 5.41) is 12.1. The van der Waals surface area contributed by atoms with Crippen LogP contribution in [0.4, 0.5) is 0 Å². The van der Waals surface area contributed by atoms with Gasteiger partial charge in [-0.1, -0.05) is 30.3 Å². The Labute approximate surface area is 105 Å². The molecule has 90 valence electrons. The van der Waals surface area contributed by atoms with E-state index in [1.807, 2.05) is 29.6 Å². The van der Waals surface area contributed by atoms with E-state index in [4.69, 9.17) is 4.74 Å². The second-order valence-electron chi connectivity index (χ2n) is 3.89. The summed E-state index contributed by atoms with van der Waals surface area (Å²) in [4.78, 5) is 0.920. The molecule has 2 aromatic rings. The van der Waals surface area contributed by atoms with Gasteiger partial charge in [0.25, 0.3) is 0 Å². The van der Waals surface area contributed by atoms with Crippen molar-refractivity contribution in [1.82, 2.24) is 0 Å². The molecule has 0 fully saturated rings. The zero-order valence-electron chi connectivity index (χ0n) is 9.80. The molecule has 0 bridgehead atoms. The lowest BCUT2D eigenvalue weighted by molar-refractivity contribution is 0.168. The Morgan fingerprint density at radius 2 is 2.00 bits per heavy atom. The lowest BCUT2D eigenvalue weighted by Crippen LogP contribution is -1.99. The second kappa shape index (κ2) is 5.84. The predicted molar refractivity (Wildman–Crippen MR) is 70.6 cm³/mol. The summed E-state index contributed by atoms with van der Waals surface area (Å²) in [6.07, 6.45) is 1.16. The summed E-state index contributed by atoms with van der Waals surface area (Å²) in [6, 6.07) is 12.1. The largest absolute Gasteiger partial charge is 0.495 e. The average Bonchev–Trinajstić information content (AvgIpc) is 2.85. The fraction of sp³-hybridized carbons (Fsp3) is 0.286. The first-order valence-electron chi connectivity index (χ1n) is 5.64.